The number of nitrogens with zero attached hydrogens (tertiary/aromatic N) is 2. The minimum atomic E-state index is -0.978. The lowest BCUT2D eigenvalue weighted by atomic mass is 9.97. The van der Waals surface area contributed by atoms with E-state index < -0.39 is 5.97 Å². The number of carboxylic acids is 1. The molecule has 1 aromatic heterocycles. The molecule has 0 atom stereocenters. The van der Waals surface area contributed by atoms with Gasteiger partial charge in [-0.1, -0.05) is 79.7 Å². The Labute approximate surface area is 187 Å². The second-order valence-corrected chi connectivity index (χ2v) is 7.82. The number of hydrogen-bond donors (Lipinski definition) is 1. The molecule has 4 aromatic rings. The highest BCUT2D eigenvalue weighted by Gasteiger charge is 2.15. The molecule has 3 aromatic carbocycles. The van der Waals surface area contributed by atoms with E-state index in [1.54, 1.807) is 15.2 Å². The lowest BCUT2D eigenvalue weighted by molar-refractivity contribution is 0.0697. The van der Waals surface area contributed by atoms with Gasteiger partial charge in [-0.3, -0.25) is 9.13 Å². The first kappa shape index (κ1) is 21.4. The van der Waals surface area contributed by atoms with Gasteiger partial charge in [0.05, 0.1) is 12.1 Å². The summed E-state index contributed by atoms with van der Waals surface area (Å²) >= 11 is 0. The van der Waals surface area contributed by atoms with Crippen LogP contribution in [-0.2, 0) is 25.9 Å². The van der Waals surface area contributed by atoms with Crippen molar-refractivity contribution in [3.05, 3.63) is 118 Å². The number of carboxylic acid groups (broad SMARTS) is 1. The molecule has 1 heterocycles. The van der Waals surface area contributed by atoms with Gasteiger partial charge in [0.2, 0.25) is 0 Å². The number of rotatable bonds is 8. The molecule has 0 bridgehead atoms. The lowest BCUT2D eigenvalue weighted by Crippen LogP contribution is -2.26. The Hall–Kier alpha value is -3.86. The molecule has 162 valence electrons. The SMILES string of the molecule is CCc1cn(CCc2ccccc2)c(=O)n1Cc1ccc(-c2ccccc2)c(C(=O)O)c1. The number of imidazole rings is 1. The van der Waals surface area contributed by atoms with Crippen molar-refractivity contribution in [2.45, 2.75) is 32.9 Å². The maximum Gasteiger partial charge on any atom is 0.336 e. The van der Waals surface area contributed by atoms with Crippen LogP contribution in [0.1, 0.15) is 34.1 Å². The highest BCUT2D eigenvalue weighted by molar-refractivity contribution is 5.96. The van der Waals surface area contributed by atoms with Crippen molar-refractivity contribution in [2.24, 2.45) is 0 Å². The number of aromatic nitrogens is 2. The molecule has 0 unspecified atom stereocenters. The summed E-state index contributed by atoms with van der Waals surface area (Å²) in [6.45, 7) is 2.97. The number of carbonyl (C=O) groups is 1. The van der Waals surface area contributed by atoms with Crippen molar-refractivity contribution in [1.82, 2.24) is 9.13 Å². The van der Waals surface area contributed by atoms with Crippen molar-refractivity contribution in [3.63, 3.8) is 0 Å². The summed E-state index contributed by atoms with van der Waals surface area (Å²) in [6, 6.07) is 25.0. The summed E-state index contributed by atoms with van der Waals surface area (Å²) in [7, 11) is 0. The Morgan fingerprint density at radius 3 is 2.25 bits per heavy atom. The zero-order valence-electron chi connectivity index (χ0n) is 18.1. The van der Waals surface area contributed by atoms with E-state index in [1.165, 1.54) is 5.56 Å². The molecule has 32 heavy (non-hydrogen) atoms. The van der Waals surface area contributed by atoms with E-state index in [-0.39, 0.29) is 11.3 Å². The van der Waals surface area contributed by atoms with Crippen LogP contribution in [0.25, 0.3) is 11.1 Å². The van der Waals surface area contributed by atoms with Gasteiger partial charge in [0.1, 0.15) is 0 Å². The van der Waals surface area contributed by atoms with Gasteiger partial charge >= 0.3 is 11.7 Å². The maximum atomic E-state index is 13.1. The number of aromatic carboxylic acids is 1. The number of hydrogen-bond acceptors (Lipinski definition) is 2. The van der Waals surface area contributed by atoms with Crippen molar-refractivity contribution >= 4 is 5.97 Å². The molecule has 0 saturated carbocycles. The van der Waals surface area contributed by atoms with Gasteiger partial charge in [-0.15, -0.1) is 0 Å². The molecule has 0 saturated heterocycles. The summed E-state index contributed by atoms with van der Waals surface area (Å²) < 4.78 is 3.50. The van der Waals surface area contributed by atoms with Crippen LogP contribution in [0.4, 0.5) is 0 Å². The van der Waals surface area contributed by atoms with Gasteiger partial charge in [-0.05, 0) is 41.2 Å². The van der Waals surface area contributed by atoms with Crippen LogP contribution in [-0.4, -0.2) is 20.2 Å². The molecule has 5 nitrogen and oxygen atoms in total. The normalized spacial score (nSPS) is 10.9. The van der Waals surface area contributed by atoms with E-state index in [0.717, 1.165) is 29.7 Å². The maximum absolute atomic E-state index is 13.1. The van der Waals surface area contributed by atoms with Crippen molar-refractivity contribution in [1.29, 1.82) is 0 Å². The Balaban J connectivity index is 1.62. The largest absolute Gasteiger partial charge is 0.478 e. The third kappa shape index (κ3) is 4.57. The molecule has 0 aliphatic rings. The molecule has 0 radical (unpaired) electrons. The average Bonchev–Trinajstić information content (AvgIpc) is 3.13. The van der Waals surface area contributed by atoms with Crippen LogP contribution >= 0.6 is 0 Å². The Bertz CT molecular complexity index is 1270. The first-order chi connectivity index (χ1) is 15.6. The van der Waals surface area contributed by atoms with Gasteiger partial charge in [0, 0.05) is 18.4 Å². The second kappa shape index (κ2) is 9.52. The summed E-state index contributed by atoms with van der Waals surface area (Å²) in [5.74, 6) is -0.978. The predicted molar refractivity (Wildman–Crippen MR) is 126 cm³/mol. The Morgan fingerprint density at radius 1 is 0.906 bits per heavy atom. The van der Waals surface area contributed by atoms with E-state index in [2.05, 4.69) is 12.1 Å². The van der Waals surface area contributed by atoms with Gasteiger partial charge in [0.15, 0.2) is 0 Å². The first-order valence-corrected chi connectivity index (χ1v) is 10.8. The molecule has 0 spiro atoms. The fourth-order valence-corrected chi connectivity index (χ4v) is 4.01. The quantitative estimate of drug-likeness (QED) is 0.437. The van der Waals surface area contributed by atoms with Crippen LogP contribution in [0, 0.1) is 0 Å². The molecule has 0 aliphatic carbocycles. The highest BCUT2D eigenvalue weighted by atomic mass is 16.4. The van der Waals surface area contributed by atoms with Crippen molar-refractivity contribution < 1.29 is 9.90 Å². The summed E-state index contributed by atoms with van der Waals surface area (Å²) in [6.07, 6.45) is 3.42. The minimum Gasteiger partial charge on any atom is -0.478 e. The van der Waals surface area contributed by atoms with Crippen molar-refractivity contribution in [2.75, 3.05) is 0 Å². The summed E-state index contributed by atoms with van der Waals surface area (Å²) in [5, 5.41) is 9.78. The van der Waals surface area contributed by atoms with E-state index in [9.17, 15) is 14.7 Å². The standard InChI is InChI=1S/C27H26N2O3/c1-2-23-19-28(16-15-20-9-5-3-6-10-20)27(32)29(23)18-21-13-14-24(25(17-21)26(30)31)22-11-7-4-8-12-22/h3-14,17,19H,2,15-16,18H2,1H3,(H,30,31). The van der Waals surface area contributed by atoms with Gasteiger partial charge in [-0.2, -0.15) is 0 Å². The third-order valence-electron chi connectivity index (χ3n) is 5.71. The number of benzene rings is 3. The monoisotopic (exact) mass is 426 g/mol. The third-order valence-corrected chi connectivity index (χ3v) is 5.71. The zero-order chi connectivity index (χ0) is 22.5. The van der Waals surface area contributed by atoms with Crippen LogP contribution in [0.2, 0.25) is 0 Å². The van der Waals surface area contributed by atoms with Crippen LogP contribution in [0.3, 0.4) is 0 Å². The van der Waals surface area contributed by atoms with E-state index in [0.29, 0.717) is 18.7 Å². The highest BCUT2D eigenvalue weighted by Crippen LogP contribution is 2.25. The smallest absolute Gasteiger partial charge is 0.336 e. The molecular formula is C27H26N2O3. The fraction of sp³-hybridized carbons (Fsp3) is 0.185. The van der Waals surface area contributed by atoms with Crippen molar-refractivity contribution in [3.8, 4) is 11.1 Å². The fourth-order valence-electron chi connectivity index (χ4n) is 4.01. The molecule has 0 amide bonds. The minimum absolute atomic E-state index is 0.0678. The molecule has 4 rings (SSSR count). The molecule has 1 N–H and O–H groups in total. The van der Waals surface area contributed by atoms with E-state index >= 15 is 0 Å². The molecule has 0 fully saturated rings. The van der Waals surface area contributed by atoms with Gasteiger partial charge < -0.3 is 5.11 Å². The molecule has 0 aliphatic heterocycles. The second-order valence-electron chi connectivity index (χ2n) is 7.82. The van der Waals surface area contributed by atoms with Gasteiger partial charge in [0.25, 0.3) is 0 Å². The summed E-state index contributed by atoms with van der Waals surface area (Å²) in [5.41, 5.74) is 4.62. The lowest BCUT2D eigenvalue weighted by Gasteiger charge is -2.11. The van der Waals surface area contributed by atoms with Crippen LogP contribution in [0.5, 0.6) is 0 Å². The molecular weight excluding hydrogens is 400 g/mol. The van der Waals surface area contributed by atoms with E-state index in [1.807, 2.05) is 73.8 Å². The van der Waals surface area contributed by atoms with Crippen LogP contribution < -0.4 is 5.69 Å². The Kier molecular flexibility index (Phi) is 6.36. The van der Waals surface area contributed by atoms with Crippen LogP contribution in [0.15, 0.2) is 89.9 Å². The number of aryl methyl sites for hydroxylation is 3. The van der Waals surface area contributed by atoms with E-state index in [4.69, 9.17) is 0 Å². The molecule has 5 heteroatoms. The first-order valence-electron chi connectivity index (χ1n) is 10.8. The summed E-state index contributed by atoms with van der Waals surface area (Å²) in [4.78, 5) is 25.0. The topological polar surface area (TPSA) is 64.2 Å². The predicted octanol–water partition coefficient (Wildman–Crippen LogP) is 4.87. The zero-order valence-corrected chi connectivity index (χ0v) is 18.1. The Morgan fingerprint density at radius 2 is 1.59 bits per heavy atom. The average molecular weight is 427 g/mol. The van der Waals surface area contributed by atoms with Gasteiger partial charge in [-0.25, -0.2) is 9.59 Å².